The van der Waals surface area contributed by atoms with E-state index in [0.29, 0.717) is 6.04 Å². The van der Waals surface area contributed by atoms with E-state index in [4.69, 9.17) is 0 Å². The lowest BCUT2D eigenvalue weighted by Gasteiger charge is -2.35. The second kappa shape index (κ2) is 21.2. The number of pyridine rings is 1. The van der Waals surface area contributed by atoms with Crippen LogP contribution in [0.1, 0.15) is 106 Å². The minimum atomic E-state index is 0.289. The number of carbonyl (C=O) groups excluding carboxylic acids is 1. The van der Waals surface area contributed by atoms with Crippen molar-refractivity contribution in [3.8, 4) is 0 Å². The number of rotatable bonds is 7. The average molecular weight is 448 g/mol. The van der Waals surface area contributed by atoms with E-state index in [1.54, 1.807) is 6.92 Å². The van der Waals surface area contributed by atoms with Gasteiger partial charge in [-0.2, -0.15) is 0 Å². The molecule has 4 heteroatoms. The first-order valence-electron chi connectivity index (χ1n) is 12.8. The molecule has 1 N–H and O–H groups in total. The number of nitrogens with zero attached hydrogens (tertiary/aromatic N) is 2. The number of hydrogen-bond donors (Lipinski definition) is 1. The third-order valence-electron chi connectivity index (χ3n) is 5.20. The molecule has 2 rings (SSSR count). The standard InChI is InChI=1S/C14H23N3.C7H14.C5H10O.C2H6/c1-4-5-13-12(3)16-7-6-14(13)17-9-8-15-11(2)10-17;1-4-6-7(3)5-2;1-3-4-5(2)6;1-2/h6-7,11,15H,4-5,8-10H2,1-3H3;5H,4,6H2,1-3H3;3-4H2,1-2H3;1-2H3/b;7-5+;;. The summed E-state index contributed by atoms with van der Waals surface area (Å²) in [5.74, 6) is 0.289. The molecule has 0 amide bonds. The number of allylic oxidation sites excluding steroid dienone is 2. The zero-order valence-electron chi connectivity index (χ0n) is 23.0. The smallest absolute Gasteiger partial charge is 0.129 e. The SMILES string of the molecule is C/C=C(\C)CCC.CC.CCCC(C)=O.CCCc1c(N2CCNC(C)C2)ccnc1C. The fourth-order valence-corrected chi connectivity index (χ4v) is 3.48. The van der Waals surface area contributed by atoms with Gasteiger partial charge in [-0.25, -0.2) is 0 Å². The predicted molar refractivity (Wildman–Crippen MR) is 144 cm³/mol. The number of nitrogens with one attached hydrogen (secondary N) is 1. The van der Waals surface area contributed by atoms with E-state index < -0.39 is 0 Å². The first kappa shape index (κ1) is 32.5. The Labute approximate surface area is 200 Å². The Morgan fingerprint density at radius 1 is 1.16 bits per heavy atom. The van der Waals surface area contributed by atoms with Crippen molar-refractivity contribution >= 4 is 11.5 Å². The van der Waals surface area contributed by atoms with Gasteiger partial charge in [0.05, 0.1) is 0 Å². The van der Waals surface area contributed by atoms with Crippen molar-refractivity contribution in [3.05, 3.63) is 35.2 Å². The highest BCUT2D eigenvalue weighted by atomic mass is 16.1. The number of aromatic nitrogens is 1. The summed E-state index contributed by atoms with van der Waals surface area (Å²) in [6.07, 6.45) is 10.7. The molecule has 2 heterocycles. The quantitative estimate of drug-likeness (QED) is 0.446. The van der Waals surface area contributed by atoms with Crippen LogP contribution in [0.4, 0.5) is 5.69 Å². The molecule has 0 bridgehead atoms. The molecule has 1 aliphatic heterocycles. The molecule has 32 heavy (non-hydrogen) atoms. The Balaban J connectivity index is 0. The van der Waals surface area contributed by atoms with Gasteiger partial charge in [0.25, 0.3) is 0 Å². The van der Waals surface area contributed by atoms with Crippen molar-refractivity contribution in [2.75, 3.05) is 24.5 Å². The van der Waals surface area contributed by atoms with Crippen LogP contribution in [0.15, 0.2) is 23.9 Å². The van der Waals surface area contributed by atoms with E-state index in [2.05, 4.69) is 68.9 Å². The Hall–Kier alpha value is -1.68. The molecular formula is C28H53N3O. The summed E-state index contributed by atoms with van der Waals surface area (Å²) in [5, 5.41) is 3.49. The van der Waals surface area contributed by atoms with E-state index in [1.807, 2.05) is 27.0 Å². The van der Waals surface area contributed by atoms with Gasteiger partial charge in [-0.1, -0.05) is 59.1 Å². The zero-order valence-corrected chi connectivity index (χ0v) is 23.0. The van der Waals surface area contributed by atoms with E-state index in [0.717, 1.165) is 38.9 Å². The largest absolute Gasteiger partial charge is 0.368 e. The number of ketones is 1. The van der Waals surface area contributed by atoms with Gasteiger partial charge in [0, 0.05) is 49.7 Å². The first-order chi connectivity index (χ1) is 15.3. The Morgan fingerprint density at radius 3 is 2.19 bits per heavy atom. The lowest BCUT2D eigenvalue weighted by molar-refractivity contribution is -0.117. The number of carbonyl (C=O) groups is 1. The summed E-state index contributed by atoms with van der Waals surface area (Å²) in [6, 6.07) is 2.75. The number of Topliss-reactive ketones (excluding diaryl/α,β-unsaturated/α-hetero) is 1. The van der Waals surface area contributed by atoms with Crippen molar-refractivity contribution < 1.29 is 4.79 Å². The summed E-state index contributed by atoms with van der Waals surface area (Å²) in [7, 11) is 0. The highest BCUT2D eigenvalue weighted by Gasteiger charge is 2.19. The van der Waals surface area contributed by atoms with Gasteiger partial charge in [-0.15, -0.1) is 0 Å². The van der Waals surface area contributed by atoms with Gasteiger partial charge in [-0.3, -0.25) is 4.98 Å². The van der Waals surface area contributed by atoms with E-state index >= 15 is 0 Å². The van der Waals surface area contributed by atoms with Crippen LogP contribution < -0.4 is 10.2 Å². The topological polar surface area (TPSA) is 45.2 Å². The average Bonchev–Trinajstić information content (AvgIpc) is 2.77. The van der Waals surface area contributed by atoms with Gasteiger partial charge < -0.3 is 15.0 Å². The number of aryl methyl sites for hydroxylation is 1. The van der Waals surface area contributed by atoms with Crippen LogP contribution >= 0.6 is 0 Å². The van der Waals surface area contributed by atoms with Gasteiger partial charge in [-0.05, 0) is 65.5 Å². The normalized spacial score (nSPS) is 15.4. The van der Waals surface area contributed by atoms with Crippen molar-refractivity contribution in [2.45, 2.75) is 114 Å². The van der Waals surface area contributed by atoms with Crippen LogP contribution in [0.25, 0.3) is 0 Å². The molecule has 0 aromatic carbocycles. The predicted octanol–water partition coefficient (Wildman–Crippen LogP) is 7.30. The molecule has 1 aromatic heterocycles. The Morgan fingerprint density at radius 2 is 1.78 bits per heavy atom. The van der Waals surface area contributed by atoms with E-state index in [9.17, 15) is 4.79 Å². The molecule has 0 spiro atoms. The van der Waals surface area contributed by atoms with E-state index in [-0.39, 0.29) is 5.78 Å². The summed E-state index contributed by atoms with van der Waals surface area (Å²) in [5.41, 5.74) is 5.52. The number of piperazine rings is 1. The minimum absolute atomic E-state index is 0.289. The molecule has 1 fully saturated rings. The number of hydrogen-bond acceptors (Lipinski definition) is 4. The lowest BCUT2D eigenvalue weighted by atomic mass is 10.0. The summed E-state index contributed by atoms with van der Waals surface area (Å²) < 4.78 is 0. The second-order valence-corrected chi connectivity index (χ2v) is 8.28. The molecule has 1 atom stereocenters. The van der Waals surface area contributed by atoms with Crippen LogP contribution in [0.2, 0.25) is 0 Å². The fourth-order valence-electron chi connectivity index (χ4n) is 3.48. The molecule has 4 nitrogen and oxygen atoms in total. The first-order valence-corrected chi connectivity index (χ1v) is 12.8. The Kier molecular flexibility index (Phi) is 21.5. The van der Waals surface area contributed by atoms with Crippen LogP contribution in [0, 0.1) is 6.92 Å². The maximum absolute atomic E-state index is 10.0. The van der Waals surface area contributed by atoms with E-state index in [1.165, 1.54) is 41.8 Å². The van der Waals surface area contributed by atoms with Gasteiger partial charge in [0.2, 0.25) is 0 Å². The van der Waals surface area contributed by atoms with Crippen molar-refractivity contribution in [2.24, 2.45) is 0 Å². The van der Waals surface area contributed by atoms with Crippen LogP contribution in [0.3, 0.4) is 0 Å². The van der Waals surface area contributed by atoms with Crippen molar-refractivity contribution in [3.63, 3.8) is 0 Å². The molecule has 1 aromatic rings. The molecule has 1 aliphatic rings. The highest BCUT2D eigenvalue weighted by Crippen LogP contribution is 2.24. The number of anilines is 1. The summed E-state index contributed by atoms with van der Waals surface area (Å²) in [4.78, 5) is 17.0. The van der Waals surface area contributed by atoms with Crippen LogP contribution in [-0.2, 0) is 11.2 Å². The highest BCUT2D eigenvalue weighted by molar-refractivity contribution is 5.75. The van der Waals surface area contributed by atoms with Gasteiger partial charge in [0.15, 0.2) is 0 Å². The van der Waals surface area contributed by atoms with Gasteiger partial charge in [0.1, 0.15) is 5.78 Å². The van der Waals surface area contributed by atoms with Gasteiger partial charge >= 0.3 is 0 Å². The summed E-state index contributed by atoms with van der Waals surface area (Å²) in [6.45, 7) is 24.0. The Bertz CT molecular complexity index is 625. The molecule has 186 valence electrons. The minimum Gasteiger partial charge on any atom is -0.368 e. The van der Waals surface area contributed by atoms with Crippen LogP contribution in [0.5, 0.6) is 0 Å². The second-order valence-electron chi connectivity index (χ2n) is 8.28. The van der Waals surface area contributed by atoms with Crippen molar-refractivity contribution in [1.82, 2.24) is 10.3 Å². The third kappa shape index (κ3) is 15.2. The molecule has 1 saturated heterocycles. The molecular weight excluding hydrogens is 394 g/mol. The molecule has 1 unspecified atom stereocenters. The zero-order chi connectivity index (χ0) is 24.9. The molecule has 0 aliphatic carbocycles. The maximum Gasteiger partial charge on any atom is 0.129 e. The maximum atomic E-state index is 10.0. The molecule has 0 saturated carbocycles. The molecule has 0 radical (unpaired) electrons. The lowest BCUT2D eigenvalue weighted by Crippen LogP contribution is -2.49. The van der Waals surface area contributed by atoms with Crippen molar-refractivity contribution in [1.29, 1.82) is 0 Å². The van der Waals surface area contributed by atoms with Crippen LogP contribution in [-0.4, -0.2) is 36.4 Å². The monoisotopic (exact) mass is 447 g/mol. The fraction of sp³-hybridized carbons (Fsp3) is 0.714. The third-order valence-corrected chi connectivity index (χ3v) is 5.20. The summed E-state index contributed by atoms with van der Waals surface area (Å²) >= 11 is 0.